The smallest absolute Gasteiger partial charge is 0.278 e. The fourth-order valence-electron chi connectivity index (χ4n) is 2.69. The molecule has 0 atom stereocenters. The van der Waals surface area contributed by atoms with Crippen LogP contribution < -0.4 is 16.2 Å². The first kappa shape index (κ1) is 23.5. The van der Waals surface area contributed by atoms with Gasteiger partial charge in [0, 0.05) is 22.2 Å². The number of nitrogens with zero attached hydrogens (tertiary/aromatic N) is 2. The van der Waals surface area contributed by atoms with Crippen molar-refractivity contribution in [2.24, 2.45) is 5.92 Å². The summed E-state index contributed by atoms with van der Waals surface area (Å²) >= 11 is 7.02. The molecule has 1 aromatic heterocycles. The summed E-state index contributed by atoms with van der Waals surface area (Å²) in [6.45, 7) is 5.42. The molecule has 0 aliphatic rings. The first-order valence-electron chi connectivity index (χ1n) is 9.80. The molecule has 0 aliphatic heterocycles. The van der Waals surface area contributed by atoms with Crippen molar-refractivity contribution in [1.82, 2.24) is 15.2 Å². The number of benzene rings is 2. The predicted octanol–water partition coefficient (Wildman–Crippen LogP) is 4.12. The molecular weight excluding hydrogens is 450 g/mol. The molecule has 3 aromatic rings. The molecule has 2 amide bonds. The van der Waals surface area contributed by atoms with Crippen LogP contribution in [0.1, 0.15) is 19.4 Å². The van der Waals surface area contributed by atoms with Crippen molar-refractivity contribution in [3.05, 3.63) is 63.4 Å². The molecule has 0 radical (unpaired) electrons. The molecule has 10 heteroatoms. The standard InChI is InChI=1S/C22H22ClN5O3S/c1-12(2)20(30)25-16-7-5-4-6-15(16)19-21(31)26-22(28-27-19)32-11-18(29)24-17-10-14(23)9-8-13(17)3/h4-10,12H,11H2,1-3H3,(H,24,29)(H,25,30)(H,26,28,31). The lowest BCUT2D eigenvalue weighted by atomic mass is 10.1. The lowest BCUT2D eigenvalue weighted by Gasteiger charge is -2.11. The van der Waals surface area contributed by atoms with Crippen molar-refractivity contribution in [3.8, 4) is 11.3 Å². The summed E-state index contributed by atoms with van der Waals surface area (Å²) in [5.41, 5.74) is 2.04. The minimum absolute atomic E-state index is 0.0248. The SMILES string of the molecule is Cc1ccc(Cl)cc1NC(=O)CSc1nnc(-c2ccccc2NC(=O)C(C)C)c(=O)[nH]1. The first-order valence-corrected chi connectivity index (χ1v) is 11.2. The van der Waals surface area contributed by atoms with Crippen LogP contribution in [0.2, 0.25) is 5.02 Å². The number of halogens is 1. The van der Waals surface area contributed by atoms with Crippen LogP contribution in [0.3, 0.4) is 0 Å². The number of rotatable bonds is 7. The van der Waals surface area contributed by atoms with E-state index in [9.17, 15) is 14.4 Å². The van der Waals surface area contributed by atoms with Gasteiger partial charge in [0.05, 0.1) is 11.4 Å². The molecule has 8 nitrogen and oxygen atoms in total. The summed E-state index contributed by atoms with van der Waals surface area (Å²) in [4.78, 5) is 39.6. The van der Waals surface area contributed by atoms with Gasteiger partial charge in [-0.2, -0.15) is 0 Å². The maximum atomic E-state index is 12.6. The highest BCUT2D eigenvalue weighted by atomic mass is 35.5. The van der Waals surface area contributed by atoms with Crippen LogP contribution in [0.25, 0.3) is 11.3 Å². The van der Waals surface area contributed by atoms with E-state index in [1.807, 2.05) is 13.0 Å². The Morgan fingerprint density at radius 1 is 1.09 bits per heavy atom. The Morgan fingerprint density at radius 3 is 2.56 bits per heavy atom. The molecule has 0 bridgehead atoms. The Balaban J connectivity index is 1.71. The van der Waals surface area contributed by atoms with E-state index in [4.69, 9.17) is 11.6 Å². The third kappa shape index (κ3) is 5.95. The van der Waals surface area contributed by atoms with Crippen LogP contribution in [0, 0.1) is 12.8 Å². The van der Waals surface area contributed by atoms with Gasteiger partial charge in [0.1, 0.15) is 0 Å². The zero-order valence-corrected chi connectivity index (χ0v) is 19.3. The van der Waals surface area contributed by atoms with Crippen molar-refractivity contribution in [1.29, 1.82) is 0 Å². The normalized spacial score (nSPS) is 10.8. The number of para-hydroxylation sites is 1. The van der Waals surface area contributed by atoms with Crippen molar-refractivity contribution in [2.45, 2.75) is 25.9 Å². The van der Waals surface area contributed by atoms with E-state index >= 15 is 0 Å². The molecule has 3 N–H and O–H groups in total. The molecule has 2 aromatic carbocycles. The van der Waals surface area contributed by atoms with Crippen molar-refractivity contribution < 1.29 is 9.59 Å². The van der Waals surface area contributed by atoms with Gasteiger partial charge in [0.2, 0.25) is 11.8 Å². The fourth-order valence-corrected chi connectivity index (χ4v) is 3.46. The third-order valence-corrected chi connectivity index (χ3v) is 5.55. The van der Waals surface area contributed by atoms with Crippen LogP contribution in [0.4, 0.5) is 11.4 Å². The number of nitrogens with one attached hydrogen (secondary N) is 3. The zero-order valence-electron chi connectivity index (χ0n) is 17.7. The second-order valence-corrected chi connectivity index (χ2v) is 8.69. The minimum Gasteiger partial charge on any atom is -0.325 e. The summed E-state index contributed by atoms with van der Waals surface area (Å²) in [5, 5.41) is 14.4. The van der Waals surface area contributed by atoms with Crippen LogP contribution in [0.15, 0.2) is 52.4 Å². The van der Waals surface area contributed by atoms with E-state index in [2.05, 4.69) is 25.8 Å². The van der Waals surface area contributed by atoms with Gasteiger partial charge in [-0.05, 0) is 30.7 Å². The highest BCUT2D eigenvalue weighted by Crippen LogP contribution is 2.25. The summed E-state index contributed by atoms with van der Waals surface area (Å²) in [5.74, 6) is -0.631. The fraction of sp³-hybridized carbons (Fsp3) is 0.227. The average Bonchev–Trinajstić information content (AvgIpc) is 2.75. The number of carbonyl (C=O) groups is 2. The lowest BCUT2D eigenvalue weighted by Crippen LogP contribution is -2.20. The second-order valence-electron chi connectivity index (χ2n) is 7.29. The van der Waals surface area contributed by atoms with Gasteiger partial charge in [-0.1, -0.05) is 61.5 Å². The molecule has 166 valence electrons. The maximum absolute atomic E-state index is 12.6. The van der Waals surface area contributed by atoms with Gasteiger partial charge in [-0.25, -0.2) is 0 Å². The van der Waals surface area contributed by atoms with E-state index in [1.54, 1.807) is 50.2 Å². The van der Waals surface area contributed by atoms with Gasteiger partial charge in [0.25, 0.3) is 5.56 Å². The summed E-state index contributed by atoms with van der Waals surface area (Å²) in [6, 6.07) is 12.1. The van der Waals surface area contributed by atoms with Crippen LogP contribution in [-0.4, -0.2) is 32.7 Å². The number of aryl methyl sites for hydroxylation is 1. The number of aromatic nitrogens is 3. The molecule has 3 rings (SSSR count). The third-order valence-electron chi connectivity index (χ3n) is 4.45. The average molecular weight is 472 g/mol. The predicted molar refractivity (Wildman–Crippen MR) is 127 cm³/mol. The molecule has 0 unspecified atom stereocenters. The van der Waals surface area contributed by atoms with Gasteiger partial charge in [0.15, 0.2) is 10.9 Å². The molecular formula is C22H22ClN5O3S. The first-order chi connectivity index (χ1) is 15.2. The number of amides is 2. The van der Waals surface area contributed by atoms with E-state index in [0.29, 0.717) is 22.0 Å². The number of thioether (sulfide) groups is 1. The topological polar surface area (TPSA) is 117 Å². The highest BCUT2D eigenvalue weighted by molar-refractivity contribution is 7.99. The van der Waals surface area contributed by atoms with E-state index in [1.165, 1.54) is 0 Å². The summed E-state index contributed by atoms with van der Waals surface area (Å²) in [6.07, 6.45) is 0. The summed E-state index contributed by atoms with van der Waals surface area (Å²) < 4.78 is 0. The Kier molecular flexibility index (Phi) is 7.66. The monoisotopic (exact) mass is 471 g/mol. The van der Waals surface area contributed by atoms with Crippen LogP contribution in [0.5, 0.6) is 0 Å². The van der Waals surface area contributed by atoms with Gasteiger partial charge in [-0.3, -0.25) is 19.4 Å². The number of anilines is 2. The van der Waals surface area contributed by atoms with E-state index in [-0.39, 0.29) is 34.3 Å². The number of carbonyl (C=O) groups excluding carboxylic acids is 2. The van der Waals surface area contributed by atoms with Crippen molar-refractivity contribution in [2.75, 3.05) is 16.4 Å². The maximum Gasteiger partial charge on any atom is 0.278 e. The molecule has 0 saturated carbocycles. The van der Waals surface area contributed by atoms with Crippen molar-refractivity contribution in [3.63, 3.8) is 0 Å². The van der Waals surface area contributed by atoms with Crippen molar-refractivity contribution >= 4 is 46.6 Å². The molecule has 1 heterocycles. The second kappa shape index (κ2) is 10.4. The van der Waals surface area contributed by atoms with E-state index < -0.39 is 5.56 Å². The Bertz CT molecular complexity index is 1210. The molecule has 32 heavy (non-hydrogen) atoms. The zero-order chi connectivity index (χ0) is 23.3. The van der Waals surface area contributed by atoms with Crippen LogP contribution >= 0.6 is 23.4 Å². The quantitative estimate of drug-likeness (QED) is 0.446. The highest BCUT2D eigenvalue weighted by Gasteiger charge is 2.16. The van der Waals surface area contributed by atoms with Crippen LogP contribution in [-0.2, 0) is 9.59 Å². The van der Waals surface area contributed by atoms with Gasteiger partial charge < -0.3 is 10.6 Å². The Labute approximate surface area is 194 Å². The molecule has 0 aliphatic carbocycles. The molecule has 0 fully saturated rings. The summed E-state index contributed by atoms with van der Waals surface area (Å²) in [7, 11) is 0. The minimum atomic E-state index is -0.472. The Morgan fingerprint density at radius 2 is 1.84 bits per heavy atom. The van der Waals surface area contributed by atoms with E-state index in [0.717, 1.165) is 17.3 Å². The Hall–Kier alpha value is -3.17. The lowest BCUT2D eigenvalue weighted by molar-refractivity contribution is -0.119. The number of hydrogen-bond acceptors (Lipinski definition) is 6. The van der Waals surface area contributed by atoms with Gasteiger partial charge in [-0.15, -0.1) is 10.2 Å². The number of H-pyrrole nitrogens is 1. The number of aromatic amines is 1. The largest absolute Gasteiger partial charge is 0.325 e. The molecule has 0 saturated heterocycles. The van der Waals surface area contributed by atoms with Gasteiger partial charge >= 0.3 is 0 Å². The molecule has 0 spiro atoms. The number of hydrogen-bond donors (Lipinski definition) is 3.